The van der Waals surface area contributed by atoms with Crippen molar-refractivity contribution < 1.29 is 18.0 Å². The number of sulfonamides is 1. The van der Waals surface area contributed by atoms with E-state index in [0.29, 0.717) is 18.7 Å². The smallest absolute Gasteiger partial charge is 0.251 e. The van der Waals surface area contributed by atoms with Crippen molar-refractivity contribution in [3.63, 3.8) is 0 Å². The van der Waals surface area contributed by atoms with Crippen LogP contribution in [0.4, 0.5) is 0 Å². The molecule has 0 spiro atoms. The highest BCUT2D eigenvalue weighted by molar-refractivity contribution is 7.89. The van der Waals surface area contributed by atoms with Gasteiger partial charge in [-0.05, 0) is 51.0 Å². The molecular formula is C18H27N3O4S. The quantitative estimate of drug-likeness (QED) is 0.781. The zero-order valence-electron chi connectivity index (χ0n) is 15.3. The average molecular weight is 381 g/mol. The van der Waals surface area contributed by atoms with Gasteiger partial charge in [0.05, 0.1) is 11.4 Å². The first-order valence-corrected chi connectivity index (χ1v) is 10.4. The van der Waals surface area contributed by atoms with E-state index in [1.165, 1.54) is 28.6 Å². The Labute approximate surface area is 155 Å². The fourth-order valence-electron chi connectivity index (χ4n) is 2.85. The van der Waals surface area contributed by atoms with Crippen LogP contribution >= 0.6 is 0 Å². The van der Waals surface area contributed by atoms with Crippen molar-refractivity contribution in [2.75, 3.05) is 19.6 Å². The molecule has 2 N–H and O–H groups in total. The molecule has 0 atom stereocenters. The molecule has 2 rings (SSSR count). The molecule has 0 bridgehead atoms. The van der Waals surface area contributed by atoms with Crippen LogP contribution in [0.3, 0.4) is 0 Å². The Hall–Kier alpha value is -1.93. The van der Waals surface area contributed by atoms with E-state index in [-0.39, 0.29) is 23.4 Å². The Bertz CT molecular complexity index is 721. The zero-order valence-corrected chi connectivity index (χ0v) is 16.1. The van der Waals surface area contributed by atoms with E-state index in [1.807, 2.05) is 13.8 Å². The van der Waals surface area contributed by atoms with Crippen molar-refractivity contribution in [2.24, 2.45) is 0 Å². The molecule has 8 heteroatoms. The molecule has 0 aromatic heterocycles. The molecule has 1 heterocycles. The van der Waals surface area contributed by atoms with Crippen LogP contribution in [0.1, 0.15) is 49.9 Å². The van der Waals surface area contributed by atoms with Crippen LogP contribution in [0.15, 0.2) is 29.2 Å². The van der Waals surface area contributed by atoms with E-state index in [2.05, 4.69) is 10.6 Å². The van der Waals surface area contributed by atoms with Gasteiger partial charge in [0.15, 0.2) is 0 Å². The maximum absolute atomic E-state index is 12.7. The Morgan fingerprint density at radius 1 is 1.04 bits per heavy atom. The topological polar surface area (TPSA) is 95.6 Å². The van der Waals surface area contributed by atoms with Crippen LogP contribution in [0, 0.1) is 0 Å². The Morgan fingerprint density at radius 3 is 2.15 bits per heavy atom. The largest absolute Gasteiger partial charge is 0.352 e. The minimum atomic E-state index is -3.53. The summed E-state index contributed by atoms with van der Waals surface area (Å²) in [5.74, 6) is -0.684. The van der Waals surface area contributed by atoms with Crippen molar-refractivity contribution in [3.05, 3.63) is 29.8 Å². The second-order valence-electron chi connectivity index (χ2n) is 6.75. The number of rotatable bonds is 6. The lowest BCUT2D eigenvalue weighted by Gasteiger charge is -2.20. The molecule has 0 radical (unpaired) electrons. The second kappa shape index (κ2) is 9.14. The predicted octanol–water partition coefficient (Wildman–Crippen LogP) is 1.51. The number of nitrogens with one attached hydrogen (secondary N) is 2. The highest BCUT2D eigenvalue weighted by Crippen LogP contribution is 2.20. The zero-order chi connectivity index (χ0) is 19.2. The van der Waals surface area contributed by atoms with Gasteiger partial charge in [-0.3, -0.25) is 9.59 Å². The molecule has 0 aliphatic carbocycles. The fourth-order valence-corrected chi connectivity index (χ4v) is 4.36. The van der Waals surface area contributed by atoms with Gasteiger partial charge in [0.1, 0.15) is 0 Å². The minimum absolute atomic E-state index is 0.00267. The number of amides is 2. The number of nitrogens with zero attached hydrogens (tertiary/aromatic N) is 1. The van der Waals surface area contributed by atoms with Crippen LogP contribution in [0.5, 0.6) is 0 Å². The highest BCUT2D eigenvalue weighted by Gasteiger charge is 2.25. The van der Waals surface area contributed by atoms with Gasteiger partial charge < -0.3 is 10.6 Å². The van der Waals surface area contributed by atoms with Gasteiger partial charge in [-0.2, -0.15) is 4.31 Å². The number of hydrogen-bond donors (Lipinski definition) is 2. The standard InChI is InChI=1S/C18H27N3O4S/c1-14(2)20-17(22)13-19-18(23)15-7-9-16(10-8-15)26(24,25)21-11-5-3-4-6-12-21/h7-10,14H,3-6,11-13H2,1-2H3,(H,19,23)(H,20,22). The summed E-state index contributed by atoms with van der Waals surface area (Å²) < 4.78 is 26.9. The number of carbonyl (C=O) groups is 2. The van der Waals surface area contributed by atoms with Crippen molar-refractivity contribution in [2.45, 2.75) is 50.5 Å². The average Bonchev–Trinajstić information content (AvgIpc) is 2.89. The van der Waals surface area contributed by atoms with Gasteiger partial charge in [0.25, 0.3) is 5.91 Å². The van der Waals surface area contributed by atoms with Gasteiger partial charge in [-0.15, -0.1) is 0 Å². The van der Waals surface area contributed by atoms with Crippen molar-refractivity contribution in [1.29, 1.82) is 0 Å². The fraction of sp³-hybridized carbons (Fsp3) is 0.556. The lowest BCUT2D eigenvalue weighted by molar-refractivity contribution is -0.120. The first-order valence-electron chi connectivity index (χ1n) is 8.98. The predicted molar refractivity (Wildman–Crippen MR) is 99.3 cm³/mol. The van der Waals surface area contributed by atoms with Crippen molar-refractivity contribution >= 4 is 21.8 Å². The Balaban J connectivity index is 2.00. The van der Waals surface area contributed by atoms with Crippen molar-refractivity contribution in [3.8, 4) is 0 Å². The van der Waals surface area contributed by atoms with Gasteiger partial charge in [-0.25, -0.2) is 8.42 Å². The summed E-state index contributed by atoms with van der Waals surface area (Å²) in [5, 5.41) is 5.20. The summed E-state index contributed by atoms with van der Waals surface area (Å²) in [5.41, 5.74) is 0.317. The van der Waals surface area contributed by atoms with Crippen LogP contribution < -0.4 is 10.6 Å². The molecule has 1 fully saturated rings. The second-order valence-corrected chi connectivity index (χ2v) is 8.69. The third-order valence-corrected chi connectivity index (χ3v) is 6.09. The summed E-state index contributed by atoms with van der Waals surface area (Å²) >= 11 is 0. The molecule has 2 amide bonds. The first kappa shape index (κ1) is 20.4. The summed E-state index contributed by atoms with van der Waals surface area (Å²) in [4.78, 5) is 23.8. The normalized spacial score (nSPS) is 16.1. The summed E-state index contributed by atoms with van der Waals surface area (Å²) in [6.45, 7) is 4.63. The van der Waals surface area contributed by atoms with Crippen LogP contribution in [-0.2, 0) is 14.8 Å². The monoisotopic (exact) mass is 381 g/mol. The third-order valence-electron chi connectivity index (χ3n) is 4.18. The Morgan fingerprint density at radius 2 is 1.62 bits per heavy atom. The van der Waals surface area contributed by atoms with Crippen molar-refractivity contribution in [1.82, 2.24) is 14.9 Å². The van der Waals surface area contributed by atoms with E-state index >= 15 is 0 Å². The van der Waals surface area contributed by atoms with E-state index in [0.717, 1.165) is 25.7 Å². The van der Waals surface area contributed by atoms with E-state index in [4.69, 9.17) is 0 Å². The molecule has 1 aromatic carbocycles. The summed E-state index contributed by atoms with van der Waals surface area (Å²) in [7, 11) is -3.53. The molecule has 0 saturated carbocycles. The van der Waals surface area contributed by atoms with E-state index in [1.54, 1.807) is 0 Å². The maximum Gasteiger partial charge on any atom is 0.251 e. The third kappa shape index (κ3) is 5.54. The van der Waals surface area contributed by atoms with Gasteiger partial charge in [0, 0.05) is 24.7 Å². The molecule has 1 aliphatic heterocycles. The number of benzene rings is 1. The van der Waals surface area contributed by atoms with Gasteiger partial charge in [0.2, 0.25) is 15.9 Å². The molecule has 26 heavy (non-hydrogen) atoms. The SMILES string of the molecule is CC(C)NC(=O)CNC(=O)c1ccc(S(=O)(=O)N2CCCCCC2)cc1. The van der Waals surface area contributed by atoms with Crippen LogP contribution in [-0.4, -0.2) is 50.2 Å². The number of carbonyl (C=O) groups excluding carboxylic acids is 2. The molecule has 1 aliphatic rings. The molecular weight excluding hydrogens is 354 g/mol. The van der Waals surface area contributed by atoms with Crippen LogP contribution in [0.25, 0.3) is 0 Å². The molecule has 144 valence electrons. The van der Waals surface area contributed by atoms with Gasteiger partial charge >= 0.3 is 0 Å². The lowest BCUT2D eigenvalue weighted by atomic mass is 10.2. The Kier molecular flexibility index (Phi) is 7.16. The molecule has 1 aromatic rings. The minimum Gasteiger partial charge on any atom is -0.352 e. The lowest BCUT2D eigenvalue weighted by Crippen LogP contribution is -2.39. The van der Waals surface area contributed by atoms with Gasteiger partial charge in [-0.1, -0.05) is 12.8 Å². The number of hydrogen-bond acceptors (Lipinski definition) is 4. The highest BCUT2D eigenvalue weighted by atomic mass is 32.2. The summed E-state index contributed by atoms with van der Waals surface area (Å²) in [6, 6.07) is 5.84. The molecule has 0 unspecified atom stereocenters. The summed E-state index contributed by atoms with van der Waals surface area (Å²) in [6.07, 6.45) is 3.85. The maximum atomic E-state index is 12.7. The van der Waals surface area contributed by atoms with Crippen LogP contribution in [0.2, 0.25) is 0 Å². The molecule has 7 nitrogen and oxygen atoms in total. The van der Waals surface area contributed by atoms with E-state index < -0.39 is 15.9 Å². The molecule has 1 saturated heterocycles. The first-order chi connectivity index (χ1) is 12.3. The van der Waals surface area contributed by atoms with E-state index in [9.17, 15) is 18.0 Å².